The van der Waals surface area contributed by atoms with Gasteiger partial charge in [-0.1, -0.05) is 6.07 Å². The van der Waals surface area contributed by atoms with Crippen molar-refractivity contribution in [3.63, 3.8) is 0 Å². The predicted molar refractivity (Wildman–Crippen MR) is 112 cm³/mol. The van der Waals surface area contributed by atoms with Gasteiger partial charge in [-0.3, -0.25) is 14.3 Å². The molecule has 2 amide bonds. The number of fused-ring (bicyclic) bond motifs is 1. The van der Waals surface area contributed by atoms with Crippen molar-refractivity contribution in [2.45, 2.75) is 12.7 Å². The lowest BCUT2D eigenvalue weighted by Gasteiger charge is -2.09. The number of benzene rings is 1. The highest BCUT2D eigenvalue weighted by Crippen LogP contribution is 2.29. The molecule has 0 radical (unpaired) electrons. The molecule has 0 aliphatic carbocycles. The maximum atomic E-state index is 12.8. The molecule has 3 aromatic rings. The van der Waals surface area contributed by atoms with Gasteiger partial charge in [-0.25, -0.2) is 4.98 Å². The van der Waals surface area contributed by atoms with Gasteiger partial charge in [-0.15, -0.1) is 0 Å². The van der Waals surface area contributed by atoms with E-state index in [0.717, 1.165) is 12.1 Å². The summed E-state index contributed by atoms with van der Waals surface area (Å²) in [6.45, 7) is 1.15. The summed E-state index contributed by atoms with van der Waals surface area (Å²) in [6, 6.07) is 6.35. The van der Waals surface area contributed by atoms with Gasteiger partial charge in [0, 0.05) is 29.1 Å². The number of hydrogen-bond acceptors (Lipinski definition) is 5. The lowest BCUT2D eigenvalue weighted by molar-refractivity contribution is -0.141. The van der Waals surface area contributed by atoms with E-state index in [-0.39, 0.29) is 18.1 Å². The molecule has 3 rings (SSSR count). The molecule has 12 heteroatoms. The number of carbonyl (C=O) groups excluding carboxylic acids is 2. The number of aromatic nitrogens is 3. The van der Waals surface area contributed by atoms with E-state index >= 15 is 0 Å². The van der Waals surface area contributed by atoms with Crippen molar-refractivity contribution in [2.24, 2.45) is 0 Å². The molecule has 31 heavy (non-hydrogen) atoms. The Bertz CT molecular complexity index is 1120. The van der Waals surface area contributed by atoms with Crippen LogP contribution < -0.4 is 16.0 Å². The summed E-state index contributed by atoms with van der Waals surface area (Å²) in [4.78, 5) is 27.7. The van der Waals surface area contributed by atoms with Crippen LogP contribution in [0.1, 0.15) is 16.2 Å². The first-order valence-electron chi connectivity index (χ1n) is 9.11. The molecule has 2 heterocycles. The van der Waals surface area contributed by atoms with Gasteiger partial charge in [0.15, 0.2) is 0 Å². The number of hydrogen-bond donors (Lipinski definition) is 3. The molecule has 0 saturated heterocycles. The van der Waals surface area contributed by atoms with E-state index in [1.165, 1.54) is 10.7 Å². The second-order valence-corrected chi connectivity index (χ2v) is 7.39. The Kier molecular flexibility index (Phi) is 6.91. The molecule has 3 N–H and O–H groups in total. The Balaban J connectivity index is 1.76. The van der Waals surface area contributed by atoms with Crippen LogP contribution in [0.4, 0.5) is 18.9 Å². The fourth-order valence-corrected chi connectivity index (χ4v) is 3.14. The fraction of sp³-hybridized carbons (Fsp3) is 0.263. The van der Waals surface area contributed by atoms with Crippen molar-refractivity contribution in [3.8, 4) is 0 Å². The van der Waals surface area contributed by atoms with E-state index in [1.807, 2.05) is 0 Å². The zero-order chi connectivity index (χ0) is 22.6. The lowest BCUT2D eigenvalue weighted by atomic mass is 10.2. The minimum atomic E-state index is -4.65. The quantitative estimate of drug-likeness (QED) is 0.435. The summed E-state index contributed by atoms with van der Waals surface area (Å²) < 4.78 is 40.4. The number of carbonyl (C=O) groups is 2. The van der Waals surface area contributed by atoms with Crippen molar-refractivity contribution >= 4 is 44.3 Å². The molecule has 0 fully saturated rings. The van der Waals surface area contributed by atoms with Crippen LogP contribution in [0.5, 0.6) is 0 Å². The molecule has 1 aromatic carbocycles. The van der Waals surface area contributed by atoms with Crippen LogP contribution in [0.15, 0.2) is 41.0 Å². The summed E-state index contributed by atoms with van der Waals surface area (Å²) in [6.07, 6.45) is -3.01. The van der Waals surface area contributed by atoms with Crippen molar-refractivity contribution in [1.82, 2.24) is 25.4 Å². The minimum Gasteiger partial charge on any atom is -0.353 e. The summed E-state index contributed by atoms with van der Waals surface area (Å²) >= 11 is 3.32. The van der Waals surface area contributed by atoms with Crippen molar-refractivity contribution in [2.75, 3.05) is 25.5 Å². The van der Waals surface area contributed by atoms with Gasteiger partial charge < -0.3 is 16.0 Å². The largest absolute Gasteiger partial charge is 0.433 e. The molecule has 0 atom stereocenters. The first kappa shape index (κ1) is 22.7. The number of rotatable bonds is 7. The van der Waals surface area contributed by atoms with Gasteiger partial charge in [0.05, 0.1) is 11.2 Å². The Morgan fingerprint density at radius 3 is 2.68 bits per heavy atom. The Hall–Kier alpha value is -2.99. The van der Waals surface area contributed by atoms with E-state index in [9.17, 15) is 22.8 Å². The Morgan fingerprint density at radius 2 is 1.97 bits per heavy atom. The van der Waals surface area contributed by atoms with E-state index in [0.29, 0.717) is 34.2 Å². The third-order valence-corrected chi connectivity index (χ3v) is 4.82. The molecule has 0 saturated carbocycles. The maximum absolute atomic E-state index is 12.8. The standard InChI is InChI=1S/C19H18BrF3N6O2/c1-24-5-6-25-17(30)10-29-9-11-7-15(12(20)8-14(11)28-29)27-18(31)13-3-2-4-16(26-13)19(21,22)23/h2-4,7-9,24H,5-6,10H2,1H3,(H,25,30)(H,27,31). The zero-order valence-corrected chi connectivity index (χ0v) is 17.8. The van der Waals surface area contributed by atoms with Crippen molar-refractivity contribution < 1.29 is 22.8 Å². The van der Waals surface area contributed by atoms with E-state index in [4.69, 9.17) is 0 Å². The molecule has 2 aromatic heterocycles. The van der Waals surface area contributed by atoms with Crippen LogP contribution in [0.25, 0.3) is 10.9 Å². The number of likely N-dealkylation sites (N-methyl/N-ethyl adjacent to an activating group) is 1. The van der Waals surface area contributed by atoms with Crippen LogP contribution in [0, 0.1) is 0 Å². The van der Waals surface area contributed by atoms with Crippen LogP contribution in [0.3, 0.4) is 0 Å². The first-order valence-corrected chi connectivity index (χ1v) is 9.90. The van der Waals surface area contributed by atoms with Gasteiger partial charge in [0.2, 0.25) is 5.91 Å². The molecule has 0 bridgehead atoms. The summed E-state index contributed by atoms with van der Waals surface area (Å²) in [7, 11) is 1.78. The SMILES string of the molecule is CNCCNC(=O)Cn1cc2cc(NC(=O)c3cccc(C(F)(F)F)n3)c(Br)cc2n1. The Morgan fingerprint density at radius 1 is 1.19 bits per heavy atom. The van der Waals surface area contributed by atoms with Crippen LogP contribution >= 0.6 is 15.9 Å². The topological polar surface area (TPSA) is 101 Å². The highest BCUT2D eigenvalue weighted by atomic mass is 79.9. The molecule has 164 valence electrons. The number of nitrogens with one attached hydrogen (secondary N) is 3. The highest BCUT2D eigenvalue weighted by molar-refractivity contribution is 9.10. The highest BCUT2D eigenvalue weighted by Gasteiger charge is 2.33. The third kappa shape index (κ3) is 5.79. The summed E-state index contributed by atoms with van der Waals surface area (Å²) in [5.74, 6) is -0.992. The predicted octanol–water partition coefficient (Wildman–Crippen LogP) is 2.80. The van der Waals surface area contributed by atoms with Crippen LogP contribution in [-0.4, -0.2) is 46.7 Å². The summed E-state index contributed by atoms with van der Waals surface area (Å²) in [5.41, 5.74) is -0.612. The number of halogens is 4. The molecule has 0 aliphatic rings. The van der Waals surface area contributed by atoms with E-state index in [1.54, 1.807) is 25.4 Å². The summed E-state index contributed by atoms with van der Waals surface area (Å²) in [5, 5.41) is 13.2. The van der Waals surface area contributed by atoms with Crippen molar-refractivity contribution in [3.05, 3.63) is 52.4 Å². The average Bonchev–Trinajstić information content (AvgIpc) is 3.08. The number of nitrogens with zero attached hydrogens (tertiary/aromatic N) is 3. The van der Waals surface area contributed by atoms with Crippen LogP contribution in [-0.2, 0) is 17.5 Å². The molecule has 0 unspecified atom stereocenters. The normalized spacial score (nSPS) is 11.5. The first-order chi connectivity index (χ1) is 14.7. The number of alkyl halides is 3. The van der Waals surface area contributed by atoms with Gasteiger partial charge in [0.1, 0.15) is 17.9 Å². The molecular weight excluding hydrogens is 481 g/mol. The van der Waals surface area contributed by atoms with E-state index < -0.39 is 17.8 Å². The number of amides is 2. The average molecular weight is 499 g/mol. The molecule has 0 aliphatic heterocycles. The van der Waals surface area contributed by atoms with Gasteiger partial charge in [0.25, 0.3) is 5.91 Å². The smallest absolute Gasteiger partial charge is 0.353 e. The monoisotopic (exact) mass is 498 g/mol. The zero-order valence-electron chi connectivity index (χ0n) is 16.3. The number of anilines is 1. The van der Waals surface area contributed by atoms with Gasteiger partial charge in [-0.05, 0) is 47.2 Å². The lowest BCUT2D eigenvalue weighted by Crippen LogP contribution is -2.33. The number of pyridine rings is 1. The van der Waals surface area contributed by atoms with Gasteiger partial charge in [-0.2, -0.15) is 18.3 Å². The van der Waals surface area contributed by atoms with Crippen LogP contribution in [0.2, 0.25) is 0 Å². The molecule has 8 nitrogen and oxygen atoms in total. The fourth-order valence-electron chi connectivity index (χ4n) is 2.71. The maximum Gasteiger partial charge on any atom is 0.433 e. The minimum absolute atomic E-state index is 0.0197. The van der Waals surface area contributed by atoms with Gasteiger partial charge >= 0.3 is 6.18 Å². The Labute approximate surface area is 183 Å². The van der Waals surface area contributed by atoms with Crippen molar-refractivity contribution in [1.29, 1.82) is 0 Å². The second-order valence-electron chi connectivity index (χ2n) is 6.53. The molecule has 0 spiro atoms. The van der Waals surface area contributed by atoms with E-state index in [2.05, 4.69) is 42.0 Å². The third-order valence-electron chi connectivity index (χ3n) is 4.16. The molecular formula is C19H18BrF3N6O2. The second kappa shape index (κ2) is 9.43.